The summed E-state index contributed by atoms with van der Waals surface area (Å²) in [7, 11) is 3.09. The number of nitrogens with one attached hydrogen (secondary N) is 2. The van der Waals surface area contributed by atoms with Gasteiger partial charge in [-0.15, -0.1) is 11.3 Å². The van der Waals surface area contributed by atoms with E-state index in [0.717, 1.165) is 61.5 Å². The summed E-state index contributed by atoms with van der Waals surface area (Å²) in [5.41, 5.74) is 7.13. The van der Waals surface area contributed by atoms with Gasteiger partial charge < -0.3 is 25.3 Å². The fraction of sp³-hybridized carbons (Fsp3) is 0.395. The molecule has 0 saturated carbocycles. The standard InChI is InChI=1S/C38H44BN2O5S/c1-24(2)32(23-42)40-22-27-7-6-8-29(21-27)36(44)41-37-34(31-9-4-5-10-33(31)47-37)35(43)39-30-19-15-26(16-20-30)12-11-25-13-17-28(18-14-25)38(45)46-3/h6-8,13,15-17,19-21,24,32,40,42H,4-5,9-12,14,18,22-23H2,1-3H3,(H,41,44)/t32-/m0/s1. The molecular weight excluding hydrogens is 607 g/mol. The van der Waals surface area contributed by atoms with E-state index in [-0.39, 0.29) is 36.1 Å². The number of aliphatic hydroxyl groups excluding tert-OH is 1. The predicted molar refractivity (Wildman–Crippen MR) is 190 cm³/mol. The van der Waals surface area contributed by atoms with Gasteiger partial charge in [-0.1, -0.05) is 73.4 Å². The molecule has 1 atom stereocenters. The zero-order valence-electron chi connectivity index (χ0n) is 27.6. The lowest BCUT2D eigenvalue weighted by Crippen LogP contribution is -2.36. The number of benzene rings is 2. The van der Waals surface area contributed by atoms with Gasteiger partial charge in [-0.3, -0.25) is 4.79 Å². The summed E-state index contributed by atoms with van der Waals surface area (Å²) < 4.78 is 4.82. The molecule has 0 saturated heterocycles. The van der Waals surface area contributed by atoms with Crippen molar-refractivity contribution in [3.8, 4) is 0 Å². The van der Waals surface area contributed by atoms with Crippen LogP contribution in [-0.4, -0.2) is 49.7 Å². The van der Waals surface area contributed by atoms with E-state index in [4.69, 9.17) is 4.74 Å². The molecule has 0 spiro atoms. The van der Waals surface area contributed by atoms with Crippen LogP contribution in [0.1, 0.15) is 88.2 Å². The van der Waals surface area contributed by atoms with Crippen molar-refractivity contribution in [1.82, 2.24) is 5.32 Å². The number of ether oxygens (including phenoxy) is 1. The third-order valence-corrected chi connectivity index (χ3v) is 10.3. The number of aliphatic hydroxyl groups is 1. The van der Waals surface area contributed by atoms with Crippen molar-refractivity contribution in [2.45, 2.75) is 77.8 Å². The lowest BCUT2D eigenvalue weighted by molar-refractivity contribution is -0.136. The lowest BCUT2D eigenvalue weighted by Gasteiger charge is -2.20. The van der Waals surface area contributed by atoms with Crippen LogP contribution in [0.5, 0.6) is 0 Å². The first-order valence-electron chi connectivity index (χ1n) is 16.6. The van der Waals surface area contributed by atoms with E-state index in [1.807, 2.05) is 42.5 Å². The summed E-state index contributed by atoms with van der Waals surface area (Å²) in [5.74, 6) is -0.209. The average Bonchev–Trinajstić information content (AvgIpc) is 3.46. The molecule has 47 heavy (non-hydrogen) atoms. The van der Waals surface area contributed by atoms with Crippen LogP contribution in [0.15, 0.2) is 71.8 Å². The van der Waals surface area contributed by atoms with Gasteiger partial charge in [-0.05, 0) is 86.1 Å². The Balaban J connectivity index is 1.24. The number of amides is 1. The number of fused-ring (bicyclic) bond motifs is 1. The fourth-order valence-corrected chi connectivity index (χ4v) is 7.46. The van der Waals surface area contributed by atoms with Gasteiger partial charge in [-0.25, -0.2) is 4.79 Å². The third kappa shape index (κ3) is 8.98. The number of hydrogen-bond donors (Lipinski definition) is 3. The maximum atomic E-state index is 13.8. The Morgan fingerprint density at radius 3 is 2.45 bits per heavy atom. The van der Waals surface area contributed by atoms with Gasteiger partial charge in [0.1, 0.15) is 10.7 Å². The first-order chi connectivity index (χ1) is 22.7. The molecule has 2 aliphatic rings. The van der Waals surface area contributed by atoms with Crippen LogP contribution in [0.3, 0.4) is 0 Å². The highest BCUT2D eigenvalue weighted by molar-refractivity contribution is 7.17. The zero-order chi connectivity index (χ0) is 33.3. The predicted octanol–water partition coefficient (Wildman–Crippen LogP) is 5.91. The molecule has 0 fully saturated rings. The van der Waals surface area contributed by atoms with E-state index in [0.29, 0.717) is 34.7 Å². The quantitative estimate of drug-likeness (QED) is 0.148. The van der Waals surface area contributed by atoms with Crippen molar-refractivity contribution in [3.05, 3.63) is 105 Å². The highest BCUT2D eigenvalue weighted by Gasteiger charge is 2.27. The van der Waals surface area contributed by atoms with Gasteiger partial charge >= 0.3 is 5.97 Å². The smallest absolute Gasteiger partial charge is 0.333 e. The number of allylic oxidation sites excluding steroid dienone is 3. The van der Waals surface area contributed by atoms with Gasteiger partial charge in [0.15, 0.2) is 0 Å². The summed E-state index contributed by atoms with van der Waals surface area (Å²) in [6.45, 7) is 4.72. The number of aryl methyl sites for hydroxylation is 2. The minimum atomic E-state index is -0.257. The second kappa shape index (κ2) is 16.4. The van der Waals surface area contributed by atoms with Crippen molar-refractivity contribution < 1.29 is 24.2 Å². The number of anilines is 1. The summed E-state index contributed by atoms with van der Waals surface area (Å²) in [5, 5.41) is 16.7. The lowest BCUT2D eigenvalue weighted by atomic mass is 9.63. The Hall–Kier alpha value is -3.79. The number of methoxy groups -OCH3 is 1. The molecule has 2 aliphatic carbocycles. The van der Waals surface area contributed by atoms with Crippen LogP contribution in [0.25, 0.3) is 0 Å². The van der Waals surface area contributed by atoms with Crippen molar-refractivity contribution >= 4 is 46.6 Å². The van der Waals surface area contributed by atoms with Crippen molar-refractivity contribution in [2.75, 3.05) is 19.0 Å². The van der Waals surface area contributed by atoms with Gasteiger partial charge in [0, 0.05) is 34.2 Å². The zero-order valence-corrected chi connectivity index (χ0v) is 28.4. The molecule has 5 rings (SSSR count). The number of esters is 1. The molecule has 1 aromatic heterocycles. The Morgan fingerprint density at radius 1 is 0.957 bits per heavy atom. The van der Waals surface area contributed by atoms with Crippen LogP contribution >= 0.6 is 11.3 Å². The van der Waals surface area contributed by atoms with Crippen LogP contribution in [0.4, 0.5) is 5.00 Å². The average molecular weight is 652 g/mol. The monoisotopic (exact) mass is 651 g/mol. The van der Waals surface area contributed by atoms with E-state index in [2.05, 4.69) is 36.6 Å². The molecule has 1 radical (unpaired) electrons. The van der Waals surface area contributed by atoms with E-state index in [1.165, 1.54) is 34.5 Å². The fourth-order valence-electron chi connectivity index (χ4n) is 6.17. The number of thiophene rings is 1. The van der Waals surface area contributed by atoms with E-state index in [1.54, 1.807) is 13.3 Å². The molecule has 0 bridgehead atoms. The first-order valence-corrected chi connectivity index (χ1v) is 17.4. The van der Waals surface area contributed by atoms with Crippen LogP contribution in [0, 0.1) is 5.92 Å². The minimum absolute atomic E-state index is 0.0213. The van der Waals surface area contributed by atoms with Crippen LogP contribution in [-0.2, 0) is 35.3 Å². The number of carbonyl (C=O) groups is 3. The maximum absolute atomic E-state index is 13.8. The second-order valence-corrected chi connectivity index (χ2v) is 13.8. The Kier molecular flexibility index (Phi) is 12.0. The number of hydrogen-bond acceptors (Lipinski definition) is 7. The number of carbonyl (C=O) groups excluding carboxylic acids is 3. The topological polar surface area (TPSA) is 105 Å². The molecule has 2 aromatic carbocycles. The molecular formula is C38H44BN2O5S. The minimum Gasteiger partial charge on any atom is -0.466 e. The highest BCUT2D eigenvalue weighted by atomic mass is 32.1. The molecule has 7 nitrogen and oxygen atoms in total. The van der Waals surface area contributed by atoms with E-state index < -0.39 is 0 Å². The largest absolute Gasteiger partial charge is 0.466 e. The van der Waals surface area contributed by atoms with Gasteiger partial charge in [-0.2, -0.15) is 0 Å². The summed E-state index contributed by atoms with van der Waals surface area (Å²) in [6, 6.07) is 15.5. The van der Waals surface area contributed by atoms with Crippen LogP contribution < -0.4 is 16.1 Å². The van der Waals surface area contributed by atoms with Gasteiger partial charge in [0.05, 0.1) is 13.7 Å². The first kappa shape index (κ1) is 34.5. The summed E-state index contributed by atoms with van der Waals surface area (Å²) in [6.07, 6.45) is 11.1. The summed E-state index contributed by atoms with van der Waals surface area (Å²) >= 11 is 1.53. The molecule has 245 valence electrons. The van der Waals surface area contributed by atoms with Gasteiger partial charge in [0.25, 0.3) is 5.91 Å². The molecule has 3 aromatic rings. The Bertz CT molecular complexity index is 1660. The maximum Gasteiger partial charge on any atom is 0.333 e. The molecule has 1 heterocycles. The molecule has 3 N–H and O–H groups in total. The molecule has 0 aliphatic heterocycles. The van der Waals surface area contributed by atoms with Crippen molar-refractivity contribution in [3.63, 3.8) is 0 Å². The van der Waals surface area contributed by atoms with Crippen LogP contribution in [0.2, 0.25) is 0 Å². The molecule has 1 amide bonds. The van der Waals surface area contributed by atoms with Crippen molar-refractivity contribution in [2.24, 2.45) is 5.92 Å². The Morgan fingerprint density at radius 2 is 1.74 bits per heavy atom. The Labute approximate surface area is 282 Å². The second-order valence-electron chi connectivity index (χ2n) is 12.7. The molecule has 9 heteroatoms. The summed E-state index contributed by atoms with van der Waals surface area (Å²) in [4.78, 5) is 40.2. The van der Waals surface area contributed by atoms with E-state index >= 15 is 0 Å². The van der Waals surface area contributed by atoms with Crippen molar-refractivity contribution in [1.29, 1.82) is 0 Å². The highest BCUT2D eigenvalue weighted by Crippen LogP contribution is 2.38. The normalized spacial score (nSPS) is 14.9. The van der Waals surface area contributed by atoms with Gasteiger partial charge in [0.2, 0.25) is 7.28 Å². The SMILES string of the molecule is COC(=O)C1=CC=C(CCc2ccc([B]C(=O)c3c(NC(=O)c4cccc(CN[C@@H](CO)C(C)C)c4)sc4c3CCCC4)cc2)CC1. The molecule has 0 unspecified atom stereocenters. The van der Waals surface area contributed by atoms with E-state index in [9.17, 15) is 19.5 Å². The number of rotatable bonds is 14. The third-order valence-electron chi connectivity index (χ3n) is 9.10.